The van der Waals surface area contributed by atoms with Gasteiger partial charge in [0.05, 0.1) is 22.1 Å². The first-order chi connectivity index (χ1) is 21.7. The van der Waals surface area contributed by atoms with E-state index in [4.69, 9.17) is 4.98 Å². The van der Waals surface area contributed by atoms with Crippen LogP contribution in [0, 0.1) is 5.92 Å². The molecule has 2 heterocycles. The van der Waals surface area contributed by atoms with E-state index < -0.39 is 0 Å². The number of nitrogens with zero attached hydrogens (tertiary/aromatic N) is 3. The fraction of sp³-hybridized carbons (Fsp3) is 0.0976. The first-order valence-electron chi connectivity index (χ1n) is 15.5. The van der Waals surface area contributed by atoms with Crippen molar-refractivity contribution >= 4 is 27.8 Å². The molecular formula is C41H31N3. The van der Waals surface area contributed by atoms with Crippen molar-refractivity contribution in [3.63, 3.8) is 0 Å². The van der Waals surface area contributed by atoms with Crippen LogP contribution in [-0.4, -0.2) is 14.0 Å². The third-order valence-corrected chi connectivity index (χ3v) is 9.15. The molecule has 0 radical (unpaired) electrons. The number of para-hydroxylation sites is 3. The molecule has 0 N–H and O–H groups in total. The molecule has 3 nitrogen and oxygen atoms in total. The van der Waals surface area contributed by atoms with E-state index in [1.807, 2.05) is 0 Å². The number of fused-ring (bicyclic) bond motifs is 13. The highest BCUT2D eigenvalue weighted by Gasteiger charge is 2.24. The van der Waals surface area contributed by atoms with E-state index in [1.54, 1.807) is 0 Å². The smallest absolute Gasteiger partial charge is 0.220 e. The molecule has 9 rings (SSSR count). The van der Waals surface area contributed by atoms with E-state index in [9.17, 15) is 0 Å². The lowest BCUT2D eigenvalue weighted by atomic mass is 9.81. The molecule has 0 saturated carbocycles. The molecule has 0 spiro atoms. The molecule has 2 aromatic heterocycles. The van der Waals surface area contributed by atoms with Crippen LogP contribution >= 0.6 is 0 Å². The highest BCUT2D eigenvalue weighted by molar-refractivity contribution is 6.03. The first-order valence-corrected chi connectivity index (χ1v) is 15.5. The summed E-state index contributed by atoms with van der Waals surface area (Å²) in [5.74, 6) is 1.50. The molecule has 0 unspecified atom stereocenters. The first kappa shape index (κ1) is 25.1. The summed E-state index contributed by atoms with van der Waals surface area (Å²) in [7, 11) is 0. The fourth-order valence-corrected chi connectivity index (χ4v) is 7.33. The van der Waals surface area contributed by atoms with Crippen LogP contribution in [0.3, 0.4) is 0 Å². The maximum atomic E-state index is 5.36. The lowest BCUT2D eigenvalue weighted by molar-refractivity contribution is 0.649. The van der Waals surface area contributed by atoms with Crippen LogP contribution in [0.5, 0.6) is 0 Å². The molecule has 0 bridgehead atoms. The molecule has 0 aliphatic heterocycles. The second-order valence-electron chi connectivity index (χ2n) is 12.3. The van der Waals surface area contributed by atoms with Gasteiger partial charge in [-0.05, 0) is 92.7 Å². The predicted molar refractivity (Wildman–Crippen MR) is 183 cm³/mol. The van der Waals surface area contributed by atoms with Crippen LogP contribution in [0.15, 0.2) is 133 Å². The molecule has 8 aromatic rings. The minimum atomic E-state index is 0.558. The average molecular weight is 566 g/mol. The van der Waals surface area contributed by atoms with Gasteiger partial charge in [0, 0.05) is 5.69 Å². The van der Waals surface area contributed by atoms with Crippen LogP contribution in [0.4, 0.5) is 0 Å². The van der Waals surface area contributed by atoms with Crippen molar-refractivity contribution in [3.8, 4) is 50.2 Å². The molecule has 210 valence electrons. The average Bonchev–Trinajstić information content (AvgIpc) is 3.59. The van der Waals surface area contributed by atoms with Gasteiger partial charge < -0.3 is 0 Å². The van der Waals surface area contributed by atoms with Crippen molar-refractivity contribution in [1.82, 2.24) is 14.0 Å². The zero-order valence-electron chi connectivity index (χ0n) is 24.8. The standard InChI is InChI=1S/C41H31N3/c1-26(2)24-27-12-11-21-39-40(27)42-41-43(37-19-9-10-20-38(37)44(39)41)28-22-23-35-33-17-6-5-15-31(33)29-13-3-4-14-30(29)32-16-7-8-18-34(32)36(35)25-28/h3-23,25-26H,24H2,1-2H3. The van der Waals surface area contributed by atoms with Crippen molar-refractivity contribution in [3.05, 3.63) is 139 Å². The largest absolute Gasteiger partial charge is 0.278 e. The van der Waals surface area contributed by atoms with Gasteiger partial charge in [-0.15, -0.1) is 0 Å². The summed E-state index contributed by atoms with van der Waals surface area (Å²) in [5, 5.41) is 0. The van der Waals surface area contributed by atoms with E-state index in [-0.39, 0.29) is 0 Å². The maximum Gasteiger partial charge on any atom is 0.220 e. The van der Waals surface area contributed by atoms with Crippen LogP contribution in [0.1, 0.15) is 19.4 Å². The number of benzene rings is 6. The van der Waals surface area contributed by atoms with Crippen molar-refractivity contribution in [2.45, 2.75) is 20.3 Å². The quantitative estimate of drug-likeness (QED) is 0.209. The lowest BCUT2D eigenvalue weighted by Crippen LogP contribution is -2.00. The SMILES string of the molecule is CC(C)Cc1cccc2c1nc1n(-c3ccc4c(c3)-c3ccccc3-c3ccccc3-c3ccccc3-4)c3ccccc3n21. The third kappa shape index (κ3) is 3.59. The maximum absolute atomic E-state index is 5.36. The Balaban J connectivity index is 1.37. The molecule has 0 atom stereocenters. The second kappa shape index (κ2) is 9.55. The monoisotopic (exact) mass is 565 g/mol. The number of hydrogen-bond donors (Lipinski definition) is 0. The summed E-state index contributed by atoms with van der Waals surface area (Å²) < 4.78 is 4.68. The molecule has 1 aliphatic carbocycles. The van der Waals surface area contributed by atoms with Crippen LogP contribution in [0.25, 0.3) is 78.0 Å². The molecule has 3 heteroatoms. The summed E-state index contributed by atoms with van der Waals surface area (Å²) in [4.78, 5) is 5.36. The highest BCUT2D eigenvalue weighted by atomic mass is 15.2. The molecule has 0 amide bonds. The van der Waals surface area contributed by atoms with Gasteiger partial charge in [0.15, 0.2) is 0 Å². The van der Waals surface area contributed by atoms with Gasteiger partial charge in [0.2, 0.25) is 5.78 Å². The zero-order chi connectivity index (χ0) is 29.4. The van der Waals surface area contributed by atoms with Gasteiger partial charge in [0.25, 0.3) is 0 Å². The van der Waals surface area contributed by atoms with Crippen LogP contribution in [0.2, 0.25) is 0 Å². The van der Waals surface area contributed by atoms with E-state index in [0.717, 1.165) is 40.0 Å². The van der Waals surface area contributed by atoms with Gasteiger partial charge in [-0.3, -0.25) is 8.97 Å². The van der Waals surface area contributed by atoms with Gasteiger partial charge in [-0.2, -0.15) is 0 Å². The van der Waals surface area contributed by atoms with Gasteiger partial charge >= 0.3 is 0 Å². The lowest BCUT2D eigenvalue weighted by Gasteiger charge is -2.23. The predicted octanol–water partition coefficient (Wildman–Crippen LogP) is 10.6. The number of hydrogen-bond acceptors (Lipinski definition) is 1. The van der Waals surface area contributed by atoms with E-state index >= 15 is 0 Å². The Morgan fingerprint density at radius 1 is 0.500 bits per heavy atom. The van der Waals surface area contributed by atoms with E-state index in [0.29, 0.717) is 5.92 Å². The Morgan fingerprint density at radius 2 is 1.00 bits per heavy atom. The minimum absolute atomic E-state index is 0.558. The Labute approximate surface area is 256 Å². The van der Waals surface area contributed by atoms with E-state index in [2.05, 4.69) is 156 Å². The van der Waals surface area contributed by atoms with Crippen molar-refractivity contribution < 1.29 is 0 Å². The summed E-state index contributed by atoms with van der Waals surface area (Å²) in [6.07, 6.45) is 1.01. The van der Waals surface area contributed by atoms with Gasteiger partial charge in [-0.1, -0.05) is 117 Å². The molecule has 0 saturated heterocycles. The number of imidazole rings is 2. The Bertz CT molecular complexity index is 2400. The molecule has 6 aromatic carbocycles. The molecule has 44 heavy (non-hydrogen) atoms. The third-order valence-electron chi connectivity index (χ3n) is 9.15. The Morgan fingerprint density at radius 3 is 1.59 bits per heavy atom. The minimum Gasteiger partial charge on any atom is -0.278 e. The van der Waals surface area contributed by atoms with Crippen molar-refractivity contribution in [2.75, 3.05) is 0 Å². The zero-order valence-corrected chi connectivity index (χ0v) is 24.8. The Hall–Kier alpha value is -5.41. The number of aromatic nitrogens is 3. The summed E-state index contributed by atoms with van der Waals surface area (Å²) in [6, 6.07) is 48.7. The fourth-order valence-electron chi connectivity index (χ4n) is 7.33. The summed E-state index contributed by atoms with van der Waals surface area (Å²) in [6.45, 7) is 4.55. The van der Waals surface area contributed by atoms with Crippen molar-refractivity contribution in [1.29, 1.82) is 0 Å². The summed E-state index contributed by atoms with van der Waals surface area (Å²) >= 11 is 0. The van der Waals surface area contributed by atoms with Gasteiger partial charge in [-0.25, -0.2) is 4.98 Å². The van der Waals surface area contributed by atoms with Crippen LogP contribution in [-0.2, 0) is 6.42 Å². The number of rotatable bonds is 3. The second-order valence-corrected chi connectivity index (χ2v) is 12.3. The molecular weight excluding hydrogens is 534 g/mol. The van der Waals surface area contributed by atoms with Crippen LogP contribution < -0.4 is 0 Å². The molecule has 1 aliphatic rings. The Kier molecular flexibility index (Phi) is 5.45. The normalized spacial score (nSPS) is 12.2. The molecule has 0 fully saturated rings. The van der Waals surface area contributed by atoms with E-state index in [1.165, 1.54) is 50.1 Å². The topological polar surface area (TPSA) is 22.2 Å². The highest BCUT2D eigenvalue weighted by Crippen LogP contribution is 2.48. The van der Waals surface area contributed by atoms with Gasteiger partial charge in [0.1, 0.15) is 0 Å². The van der Waals surface area contributed by atoms with Crippen molar-refractivity contribution in [2.24, 2.45) is 5.92 Å². The summed E-state index contributed by atoms with van der Waals surface area (Å²) in [5.41, 5.74) is 17.0.